The molecule has 30 heavy (non-hydrogen) atoms. The predicted octanol–water partition coefficient (Wildman–Crippen LogP) is 4.63. The van der Waals surface area contributed by atoms with Crippen LogP contribution < -0.4 is 5.32 Å². The van der Waals surface area contributed by atoms with Gasteiger partial charge in [-0.2, -0.15) is 5.26 Å². The Hall–Kier alpha value is -4.02. The second-order valence-electron chi connectivity index (χ2n) is 6.36. The Morgan fingerprint density at radius 1 is 1.07 bits per heavy atom. The normalized spacial score (nSPS) is 10.4. The number of para-hydroxylation sites is 1. The summed E-state index contributed by atoms with van der Waals surface area (Å²) in [4.78, 5) is 30.5. The lowest BCUT2D eigenvalue weighted by molar-refractivity contribution is -0.119. The first kappa shape index (κ1) is 19.3. The number of hydrogen-bond donors (Lipinski definition) is 1. The molecule has 0 atom stereocenters. The molecule has 0 unspecified atom stereocenters. The number of ether oxygens (including phenoxy) is 1. The summed E-state index contributed by atoms with van der Waals surface area (Å²) in [6, 6.07) is 21.3. The average Bonchev–Trinajstić information content (AvgIpc) is 3.32. The van der Waals surface area contributed by atoms with Crippen molar-refractivity contribution < 1.29 is 14.3 Å². The molecule has 0 aliphatic carbocycles. The number of fused-ring (bicyclic) bond motifs is 1. The van der Waals surface area contributed by atoms with Crippen LogP contribution >= 0.6 is 11.3 Å². The van der Waals surface area contributed by atoms with E-state index in [9.17, 15) is 9.59 Å². The zero-order valence-electron chi connectivity index (χ0n) is 15.7. The molecule has 1 amide bonds. The third-order valence-corrected chi connectivity index (χ3v) is 5.23. The van der Waals surface area contributed by atoms with E-state index in [-0.39, 0.29) is 0 Å². The Morgan fingerprint density at radius 2 is 1.87 bits per heavy atom. The number of amides is 1. The Balaban J connectivity index is 1.51. The maximum absolute atomic E-state index is 12.8. The van der Waals surface area contributed by atoms with Gasteiger partial charge in [0.25, 0.3) is 5.91 Å². The van der Waals surface area contributed by atoms with Gasteiger partial charge in [-0.25, -0.2) is 9.78 Å². The van der Waals surface area contributed by atoms with E-state index < -0.39 is 18.5 Å². The summed E-state index contributed by atoms with van der Waals surface area (Å²) in [6.45, 7) is -0.427. The zero-order chi connectivity index (χ0) is 20.9. The zero-order valence-corrected chi connectivity index (χ0v) is 16.5. The quantitative estimate of drug-likeness (QED) is 0.482. The fourth-order valence-corrected chi connectivity index (χ4v) is 3.62. The molecule has 2 aromatic carbocycles. The lowest BCUT2D eigenvalue weighted by atomic mass is 10.1. The molecule has 0 bridgehead atoms. The van der Waals surface area contributed by atoms with E-state index in [2.05, 4.69) is 10.3 Å². The second-order valence-corrected chi connectivity index (χ2v) is 7.31. The van der Waals surface area contributed by atoms with Crippen LogP contribution in [-0.2, 0) is 9.53 Å². The molecular weight excluding hydrogens is 398 g/mol. The molecule has 2 heterocycles. The number of benzene rings is 2. The van der Waals surface area contributed by atoms with Crippen molar-refractivity contribution >= 4 is 39.8 Å². The van der Waals surface area contributed by atoms with Gasteiger partial charge in [-0.1, -0.05) is 24.3 Å². The molecule has 0 saturated heterocycles. The van der Waals surface area contributed by atoms with E-state index in [1.54, 1.807) is 36.4 Å². The minimum Gasteiger partial charge on any atom is -0.452 e. The van der Waals surface area contributed by atoms with Gasteiger partial charge in [0.15, 0.2) is 6.61 Å². The number of pyridine rings is 1. The number of nitrogens with one attached hydrogen (secondary N) is 1. The van der Waals surface area contributed by atoms with E-state index in [0.29, 0.717) is 33.4 Å². The standard InChI is InChI=1S/C23H15N3O3S/c24-13-15-7-9-16(10-8-15)25-22(27)14-29-23(28)18-12-20(21-6-3-11-30-21)26-19-5-2-1-4-17(18)19/h1-12H,14H2,(H,25,27). The average molecular weight is 413 g/mol. The van der Waals surface area contributed by atoms with Gasteiger partial charge in [-0.15, -0.1) is 11.3 Å². The summed E-state index contributed by atoms with van der Waals surface area (Å²) in [5, 5.41) is 14.1. The Bertz CT molecular complexity index is 1260. The van der Waals surface area contributed by atoms with E-state index in [4.69, 9.17) is 10.00 Å². The van der Waals surface area contributed by atoms with Gasteiger partial charge in [-0.3, -0.25) is 4.79 Å². The van der Waals surface area contributed by atoms with Crippen LogP contribution in [0, 0.1) is 11.3 Å². The molecule has 1 N–H and O–H groups in total. The number of nitriles is 1. The van der Waals surface area contributed by atoms with E-state index >= 15 is 0 Å². The number of carbonyl (C=O) groups excluding carboxylic acids is 2. The minimum absolute atomic E-state index is 0.357. The highest BCUT2D eigenvalue weighted by Gasteiger charge is 2.17. The summed E-state index contributed by atoms with van der Waals surface area (Å²) in [6.07, 6.45) is 0. The van der Waals surface area contributed by atoms with Crippen molar-refractivity contribution in [3.05, 3.63) is 83.2 Å². The van der Waals surface area contributed by atoms with Crippen molar-refractivity contribution in [1.82, 2.24) is 4.98 Å². The van der Waals surface area contributed by atoms with Gasteiger partial charge in [0, 0.05) is 11.1 Å². The number of nitrogens with zero attached hydrogens (tertiary/aromatic N) is 2. The number of esters is 1. The second kappa shape index (κ2) is 8.55. The first-order chi connectivity index (χ1) is 14.6. The van der Waals surface area contributed by atoms with Crippen molar-refractivity contribution in [3.63, 3.8) is 0 Å². The van der Waals surface area contributed by atoms with Crippen LogP contribution in [0.3, 0.4) is 0 Å². The number of hydrogen-bond acceptors (Lipinski definition) is 6. The molecule has 7 heteroatoms. The molecule has 6 nitrogen and oxygen atoms in total. The Morgan fingerprint density at radius 3 is 2.60 bits per heavy atom. The lowest BCUT2D eigenvalue weighted by Gasteiger charge is -2.10. The molecule has 0 fully saturated rings. The number of aromatic nitrogens is 1. The van der Waals surface area contributed by atoms with E-state index in [0.717, 1.165) is 4.88 Å². The van der Waals surface area contributed by atoms with Crippen molar-refractivity contribution in [2.75, 3.05) is 11.9 Å². The van der Waals surface area contributed by atoms with Gasteiger partial charge < -0.3 is 10.1 Å². The molecule has 0 spiro atoms. The van der Waals surface area contributed by atoms with Crippen LogP contribution in [0.1, 0.15) is 15.9 Å². The summed E-state index contributed by atoms with van der Waals surface area (Å²) in [7, 11) is 0. The minimum atomic E-state index is -0.596. The monoisotopic (exact) mass is 413 g/mol. The summed E-state index contributed by atoms with van der Waals surface area (Å²) in [5.74, 6) is -1.06. The fourth-order valence-electron chi connectivity index (χ4n) is 2.93. The van der Waals surface area contributed by atoms with Gasteiger partial charge in [0.1, 0.15) is 0 Å². The van der Waals surface area contributed by atoms with Crippen molar-refractivity contribution in [3.8, 4) is 16.6 Å². The van der Waals surface area contributed by atoms with E-state index in [1.165, 1.54) is 11.3 Å². The highest BCUT2D eigenvalue weighted by atomic mass is 32.1. The number of thiophene rings is 1. The lowest BCUT2D eigenvalue weighted by Crippen LogP contribution is -2.21. The first-order valence-corrected chi connectivity index (χ1v) is 9.93. The SMILES string of the molecule is N#Cc1ccc(NC(=O)COC(=O)c2cc(-c3cccs3)nc3ccccc23)cc1. The van der Waals surface area contributed by atoms with E-state index in [1.807, 2.05) is 41.8 Å². The molecule has 0 aliphatic rings. The topological polar surface area (TPSA) is 92.1 Å². The predicted molar refractivity (Wildman–Crippen MR) is 115 cm³/mol. The third kappa shape index (κ3) is 4.19. The van der Waals surface area contributed by atoms with Gasteiger partial charge in [-0.05, 0) is 47.8 Å². The number of rotatable bonds is 5. The van der Waals surface area contributed by atoms with Crippen molar-refractivity contribution in [2.24, 2.45) is 0 Å². The van der Waals surface area contributed by atoms with Crippen LogP contribution in [0.25, 0.3) is 21.5 Å². The van der Waals surface area contributed by atoms with Crippen LogP contribution in [0.15, 0.2) is 72.1 Å². The van der Waals surface area contributed by atoms with Crippen LogP contribution in [0.4, 0.5) is 5.69 Å². The summed E-state index contributed by atoms with van der Waals surface area (Å²) >= 11 is 1.53. The molecule has 2 aromatic heterocycles. The molecule has 0 radical (unpaired) electrons. The Kier molecular flexibility index (Phi) is 5.50. The van der Waals surface area contributed by atoms with Crippen LogP contribution in [0.2, 0.25) is 0 Å². The maximum atomic E-state index is 12.8. The fraction of sp³-hybridized carbons (Fsp3) is 0.0435. The number of carbonyl (C=O) groups is 2. The molecule has 0 aliphatic heterocycles. The summed E-state index contributed by atoms with van der Waals surface area (Å²) in [5.41, 5.74) is 2.72. The maximum Gasteiger partial charge on any atom is 0.339 e. The smallest absolute Gasteiger partial charge is 0.339 e. The molecule has 0 saturated carbocycles. The molecular formula is C23H15N3O3S. The van der Waals surface area contributed by atoms with Crippen molar-refractivity contribution in [2.45, 2.75) is 0 Å². The van der Waals surface area contributed by atoms with Gasteiger partial charge in [0.2, 0.25) is 0 Å². The largest absolute Gasteiger partial charge is 0.452 e. The molecule has 4 aromatic rings. The third-order valence-electron chi connectivity index (χ3n) is 4.34. The van der Waals surface area contributed by atoms with Gasteiger partial charge >= 0.3 is 5.97 Å². The highest BCUT2D eigenvalue weighted by Crippen LogP contribution is 2.28. The van der Waals surface area contributed by atoms with Crippen molar-refractivity contribution in [1.29, 1.82) is 5.26 Å². The molecule has 146 valence electrons. The van der Waals surface area contributed by atoms with Crippen LogP contribution in [-0.4, -0.2) is 23.5 Å². The first-order valence-electron chi connectivity index (χ1n) is 9.05. The van der Waals surface area contributed by atoms with Gasteiger partial charge in [0.05, 0.1) is 33.3 Å². The Labute approximate surface area is 176 Å². The summed E-state index contributed by atoms with van der Waals surface area (Å²) < 4.78 is 5.26. The highest BCUT2D eigenvalue weighted by molar-refractivity contribution is 7.13. The number of anilines is 1. The molecule has 4 rings (SSSR count). The van der Waals surface area contributed by atoms with Crippen LogP contribution in [0.5, 0.6) is 0 Å².